The minimum Gasteiger partial charge on any atom is -0.487 e. The van der Waals surface area contributed by atoms with Gasteiger partial charge in [-0.05, 0) is 87.7 Å². The lowest BCUT2D eigenvalue weighted by atomic mass is 9.81. The second-order valence-corrected chi connectivity index (χ2v) is 10.6. The number of amides is 1. The van der Waals surface area contributed by atoms with Crippen LogP contribution in [0.15, 0.2) is 53.9 Å². The average molecular weight is 498 g/mol. The molecule has 3 aromatic rings. The van der Waals surface area contributed by atoms with E-state index in [1.165, 1.54) is 5.56 Å². The highest BCUT2D eigenvalue weighted by Crippen LogP contribution is 2.35. The highest BCUT2D eigenvalue weighted by atomic mass is 35.5. The van der Waals surface area contributed by atoms with Crippen molar-refractivity contribution >= 4 is 28.8 Å². The van der Waals surface area contributed by atoms with Crippen LogP contribution in [0.25, 0.3) is 0 Å². The topological polar surface area (TPSA) is 45.7 Å². The van der Waals surface area contributed by atoms with Crippen molar-refractivity contribution in [1.82, 2.24) is 14.8 Å². The first kappa shape index (κ1) is 24.7. The molecule has 5 nitrogen and oxygen atoms in total. The number of ether oxygens (including phenoxy) is 1. The summed E-state index contributed by atoms with van der Waals surface area (Å²) in [5.74, 6) is 1.46. The molecule has 7 heteroatoms. The maximum Gasteiger partial charge on any atom is 0.253 e. The smallest absolute Gasteiger partial charge is 0.253 e. The number of nitrogens with zero attached hydrogens (tertiary/aromatic N) is 3. The molecular formula is C27H32ClN3O2S. The maximum absolute atomic E-state index is 12.8. The van der Waals surface area contributed by atoms with E-state index in [4.69, 9.17) is 16.3 Å². The summed E-state index contributed by atoms with van der Waals surface area (Å²) in [6, 6.07) is 15.9. The molecule has 1 fully saturated rings. The second-order valence-electron chi connectivity index (χ2n) is 9.26. The van der Waals surface area contributed by atoms with Crippen molar-refractivity contribution < 1.29 is 9.53 Å². The number of halogens is 1. The van der Waals surface area contributed by atoms with Gasteiger partial charge in [-0.1, -0.05) is 23.7 Å². The highest BCUT2D eigenvalue weighted by Gasteiger charge is 2.27. The number of aromatic nitrogens is 1. The van der Waals surface area contributed by atoms with Crippen LogP contribution in [-0.2, 0) is 13.2 Å². The Hall–Kier alpha value is -2.41. The zero-order valence-electron chi connectivity index (χ0n) is 20.0. The number of hydrogen-bond acceptors (Lipinski definition) is 5. The van der Waals surface area contributed by atoms with Gasteiger partial charge >= 0.3 is 0 Å². The van der Waals surface area contributed by atoms with Crippen LogP contribution < -0.4 is 4.74 Å². The summed E-state index contributed by atoms with van der Waals surface area (Å²) in [6.07, 6.45) is 4.18. The molecule has 180 valence electrons. The maximum atomic E-state index is 12.8. The van der Waals surface area contributed by atoms with Gasteiger partial charge in [-0.25, -0.2) is 4.98 Å². The predicted octanol–water partition coefficient (Wildman–Crippen LogP) is 6.24. The van der Waals surface area contributed by atoms with Gasteiger partial charge in [0.1, 0.15) is 17.4 Å². The molecule has 1 amide bonds. The van der Waals surface area contributed by atoms with Gasteiger partial charge in [-0.2, -0.15) is 0 Å². The lowest BCUT2D eigenvalue weighted by Gasteiger charge is -2.35. The van der Waals surface area contributed by atoms with Crippen LogP contribution in [0.2, 0.25) is 5.02 Å². The summed E-state index contributed by atoms with van der Waals surface area (Å²) >= 11 is 7.63. The largest absolute Gasteiger partial charge is 0.487 e. The van der Waals surface area contributed by atoms with E-state index in [-0.39, 0.29) is 11.9 Å². The number of hydrogen-bond donors (Lipinski definition) is 0. The van der Waals surface area contributed by atoms with Gasteiger partial charge in [0.05, 0.1) is 5.69 Å². The van der Waals surface area contributed by atoms with E-state index >= 15 is 0 Å². The summed E-state index contributed by atoms with van der Waals surface area (Å²) in [7, 11) is 6.01. The van der Waals surface area contributed by atoms with Gasteiger partial charge in [0.25, 0.3) is 5.91 Å². The molecule has 1 heterocycles. The van der Waals surface area contributed by atoms with Gasteiger partial charge in [0.2, 0.25) is 0 Å². The molecule has 0 aliphatic heterocycles. The number of carbonyl (C=O) groups is 1. The van der Waals surface area contributed by atoms with E-state index < -0.39 is 0 Å². The molecule has 1 saturated carbocycles. The van der Waals surface area contributed by atoms with Crippen LogP contribution >= 0.6 is 22.9 Å². The van der Waals surface area contributed by atoms with Crippen molar-refractivity contribution in [2.24, 2.45) is 0 Å². The van der Waals surface area contributed by atoms with E-state index in [0.717, 1.165) is 48.7 Å². The Morgan fingerprint density at radius 3 is 2.35 bits per heavy atom. The molecule has 0 spiro atoms. The third-order valence-electron chi connectivity index (χ3n) is 6.44. The van der Waals surface area contributed by atoms with Crippen molar-refractivity contribution in [2.75, 3.05) is 21.1 Å². The van der Waals surface area contributed by atoms with Gasteiger partial charge in [-0.3, -0.25) is 4.79 Å². The molecule has 0 radical (unpaired) electrons. The van der Waals surface area contributed by atoms with Crippen LogP contribution in [0.4, 0.5) is 0 Å². The zero-order chi connectivity index (χ0) is 24.1. The second kappa shape index (κ2) is 11.3. The van der Waals surface area contributed by atoms with Crippen molar-refractivity contribution in [1.29, 1.82) is 0 Å². The Morgan fingerprint density at radius 2 is 1.71 bits per heavy atom. The lowest BCUT2D eigenvalue weighted by Crippen LogP contribution is -2.39. The minimum atomic E-state index is 0.0653. The van der Waals surface area contributed by atoms with E-state index in [1.807, 2.05) is 26.0 Å². The molecule has 0 atom stereocenters. The fourth-order valence-corrected chi connectivity index (χ4v) is 5.53. The molecule has 1 aliphatic carbocycles. The molecule has 0 N–H and O–H groups in total. The van der Waals surface area contributed by atoms with E-state index in [0.29, 0.717) is 23.1 Å². The fourth-order valence-electron chi connectivity index (χ4n) is 4.51. The Kier molecular flexibility index (Phi) is 8.24. The molecule has 34 heavy (non-hydrogen) atoms. The SMILES string of the molecule is CN(C)Cc1nc(COc2ccc(C3CCC(N(C)C(=O)c4ccc(Cl)cc4)CC3)cc2)cs1. The van der Waals surface area contributed by atoms with Crippen molar-refractivity contribution in [3.8, 4) is 5.75 Å². The highest BCUT2D eigenvalue weighted by molar-refractivity contribution is 7.09. The minimum absolute atomic E-state index is 0.0653. The predicted molar refractivity (Wildman–Crippen MR) is 139 cm³/mol. The molecule has 4 rings (SSSR count). The molecule has 1 aliphatic rings. The van der Waals surface area contributed by atoms with Crippen LogP contribution in [-0.4, -0.2) is 47.9 Å². The Morgan fingerprint density at radius 1 is 1.03 bits per heavy atom. The van der Waals surface area contributed by atoms with Crippen LogP contribution in [0.3, 0.4) is 0 Å². The van der Waals surface area contributed by atoms with Gasteiger partial charge in [0, 0.05) is 35.6 Å². The van der Waals surface area contributed by atoms with Crippen LogP contribution in [0.5, 0.6) is 5.75 Å². The quantitative estimate of drug-likeness (QED) is 0.369. The van der Waals surface area contributed by atoms with E-state index in [1.54, 1.807) is 35.6 Å². The lowest BCUT2D eigenvalue weighted by molar-refractivity contribution is 0.0689. The number of rotatable bonds is 8. The molecule has 2 aromatic carbocycles. The Bertz CT molecular complexity index is 1070. The molecule has 0 saturated heterocycles. The Balaban J connectivity index is 1.26. The first-order chi connectivity index (χ1) is 16.4. The molecule has 1 aromatic heterocycles. The fraction of sp³-hybridized carbons (Fsp3) is 0.407. The first-order valence-corrected chi connectivity index (χ1v) is 13.0. The van der Waals surface area contributed by atoms with Gasteiger partial charge in [0.15, 0.2) is 0 Å². The van der Waals surface area contributed by atoms with Gasteiger partial charge < -0.3 is 14.5 Å². The summed E-state index contributed by atoms with van der Waals surface area (Å²) < 4.78 is 5.96. The van der Waals surface area contributed by atoms with Crippen LogP contribution in [0, 0.1) is 0 Å². The standard InChI is InChI=1S/C27H32ClN3O2S/c1-30(2)16-26-29-23(18-34-26)17-33-25-14-8-20(9-15-25)19-6-12-24(13-7-19)31(3)27(32)21-4-10-22(28)11-5-21/h4-5,8-11,14-15,18-19,24H,6-7,12-13,16-17H2,1-3H3. The molecule has 0 bridgehead atoms. The summed E-state index contributed by atoms with van der Waals surface area (Å²) in [4.78, 5) is 21.5. The van der Waals surface area contributed by atoms with Crippen molar-refractivity contribution in [3.05, 3.63) is 80.8 Å². The van der Waals surface area contributed by atoms with Crippen molar-refractivity contribution in [2.45, 2.75) is 50.8 Å². The number of benzene rings is 2. The number of thiazole rings is 1. The third kappa shape index (κ3) is 6.38. The van der Waals surface area contributed by atoms with Gasteiger partial charge in [-0.15, -0.1) is 11.3 Å². The monoisotopic (exact) mass is 497 g/mol. The van der Waals surface area contributed by atoms with E-state index in [9.17, 15) is 4.79 Å². The summed E-state index contributed by atoms with van der Waals surface area (Å²) in [6.45, 7) is 1.34. The molecule has 0 unspecified atom stereocenters. The normalized spacial score (nSPS) is 18.1. The van der Waals surface area contributed by atoms with E-state index in [2.05, 4.69) is 39.5 Å². The zero-order valence-corrected chi connectivity index (χ0v) is 21.6. The van der Waals surface area contributed by atoms with Crippen LogP contribution in [0.1, 0.15) is 58.2 Å². The average Bonchev–Trinajstić information content (AvgIpc) is 3.29. The Labute approximate surface area is 211 Å². The molecular weight excluding hydrogens is 466 g/mol. The first-order valence-electron chi connectivity index (χ1n) is 11.7. The summed E-state index contributed by atoms with van der Waals surface area (Å²) in [5.41, 5.74) is 3.01. The van der Waals surface area contributed by atoms with Crippen molar-refractivity contribution in [3.63, 3.8) is 0 Å². The third-order valence-corrected chi connectivity index (χ3v) is 7.58. The number of carbonyl (C=O) groups excluding carboxylic acids is 1. The summed E-state index contributed by atoms with van der Waals surface area (Å²) in [5, 5.41) is 3.82.